The van der Waals surface area contributed by atoms with Crippen LogP contribution in [0.2, 0.25) is 5.02 Å². The van der Waals surface area contributed by atoms with Crippen LogP contribution >= 0.6 is 23.8 Å². The smallest absolute Gasteiger partial charge is 0.166 e. The van der Waals surface area contributed by atoms with E-state index in [1.165, 1.54) is 32.1 Å². The lowest BCUT2D eigenvalue weighted by Gasteiger charge is -2.30. The molecule has 1 aliphatic carbocycles. The molecule has 1 aromatic rings. The molecule has 21 heavy (non-hydrogen) atoms. The van der Waals surface area contributed by atoms with Crippen LogP contribution in [0.15, 0.2) is 18.2 Å². The van der Waals surface area contributed by atoms with Crippen LogP contribution in [-0.2, 0) is 0 Å². The third-order valence-corrected chi connectivity index (χ3v) is 4.73. The molecule has 0 radical (unpaired) electrons. The van der Waals surface area contributed by atoms with E-state index in [-0.39, 0.29) is 6.04 Å². The van der Waals surface area contributed by atoms with Crippen LogP contribution in [0.3, 0.4) is 0 Å². The highest BCUT2D eigenvalue weighted by molar-refractivity contribution is 7.80. The molecule has 2 N–H and O–H groups in total. The van der Waals surface area contributed by atoms with Crippen molar-refractivity contribution in [3.63, 3.8) is 0 Å². The molecule has 2 aliphatic rings. The van der Waals surface area contributed by atoms with E-state index >= 15 is 0 Å². The number of hydrogen-bond donors (Lipinski definition) is 2. The summed E-state index contributed by atoms with van der Waals surface area (Å²) in [4.78, 5) is 0. The molecule has 1 aromatic carbocycles. The molecule has 1 unspecified atom stereocenters. The zero-order chi connectivity index (χ0) is 14.7. The second-order valence-corrected chi connectivity index (χ2v) is 6.67. The lowest BCUT2D eigenvalue weighted by atomic mass is 9.96. The molecule has 3 nitrogen and oxygen atoms in total. The molecule has 1 fully saturated rings. The van der Waals surface area contributed by atoms with Crippen molar-refractivity contribution in [3.8, 4) is 5.75 Å². The van der Waals surface area contributed by atoms with Gasteiger partial charge in [-0.1, -0.05) is 30.9 Å². The Morgan fingerprint density at radius 2 is 1.95 bits per heavy atom. The average molecular weight is 325 g/mol. The van der Waals surface area contributed by atoms with Crippen molar-refractivity contribution in [1.29, 1.82) is 0 Å². The summed E-state index contributed by atoms with van der Waals surface area (Å²) in [5.41, 5.74) is 1.10. The third-order valence-electron chi connectivity index (χ3n) is 4.26. The predicted molar refractivity (Wildman–Crippen MR) is 90.0 cm³/mol. The molecule has 0 bridgehead atoms. The second-order valence-electron chi connectivity index (χ2n) is 5.82. The average Bonchev–Trinajstić information content (AvgIpc) is 2.49. The topological polar surface area (TPSA) is 33.3 Å². The molecule has 1 atom stereocenters. The van der Waals surface area contributed by atoms with Gasteiger partial charge in [0.15, 0.2) is 5.11 Å². The van der Waals surface area contributed by atoms with Crippen LogP contribution in [0.25, 0.3) is 0 Å². The van der Waals surface area contributed by atoms with Gasteiger partial charge >= 0.3 is 0 Å². The number of benzene rings is 1. The number of hydrogen-bond acceptors (Lipinski definition) is 2. The zero-order valence-corrected chi connectivity index (χ0v) is 13.6. The second kappa shape index (κ2) is 6.84. The minimum atomic E-state index is 0.177. The molecule has 1 aliphatic heterocycles. The van der Waals surface area contributed by atoms with Gasteiger partial charge in [0, 0.05) is 23.0 Å². The third kappa shape index (κ3) is 3.80. The number of halogens is 1. The van der Waals surface area contributed by atoms with E-state index in [0.29, 0.717) is 12.6 Å². The highest BCUT2D eigenvalue weighted by atomic mass is 35.5. The van der Waals surface area contributed by atoms with E-state index in [1.54, 1.807) is 0 Å². The Labute approximate surface area is 136 Å². The molecule has 3 rings (SSSR count). The first-order valence-electron chi connectivity index (χ1n) is 7.71. The lowest BCUT2D eigenvalue weighted by molar-refractivity contribution is 0.261. The van der Waals surface area contributed by atoms with Crippen LogP contribution in [0, 0.1) is 0 Å². The summed E-state index contributed by atoms with van der Waals surface area (Å²) in [6.45, 7) is 0.707. The predicted octanol–water partition coefficient (Wildman–Crippen LogP) is 3.96. The Kier molecular flexibility index (Phi) is 4.86. The van der Waals surface area contributed by atoms with Gasteiger partial charge in [0.05, 0.1) is 12.6 Å². The van der Waals surface area contributed by atoms with Crippen molar-refractivity contribution in [3.05, 3.63) is 28.8 Å². The van der Waals surface area contributed by atoms with Gasteiger partial charge in [-0.25, -0.2) is 0 Å². The standard InChI is InChI=1S/C16H21ClN2OS/c17-11-6-7-15-13(10-11)14(8-9-20-15)19-16(21)18-12-4-2-1-3-5-12/h6-7,10,12,14H,1-5,8-9H2,(H2,18,19,21). The van der Waals surface area contributed by atoms with Crippen molar-refractivity contribution in [2.24, 2.45) is 0 Å². The van der Waals surface area contributed by atoms with E-state index in [0.717, 1.165) is 27.9 Å². The van der Waals surface area contributed by atoms with Gasteiger partial charge in [-0.05, 0) is 43.3 Å². The maximum atomic E-state index is 6.10. The molecular formula is C16H21ClN2OS. The molecule has 0 aromatic heterocycles. The molecule has 1 saturated carbocycles. The number of rotatable bonds is 2. The van der Waals surface area contributed by atoms with Gasteiger partial charge in [0.2, 0.25) is 0 Å². The van der Waals surface area contributed by atoms with Gasteiger partial charge in [0.25, 0.3) is 0 Å². The quantitative estimate of drug-likeness (QED) is 0.807. The Bertz CT molecular complexity index is 517. The SMILES string of the molecule is S=C(NC1CCCCC1)NC1CCOc2ccc(Cl)cc21. The van der Waals surface area contributed by atoms with Crippen LogP contribution in [-0.4, -0.2) is 17.8 Å². The summed E-state index contributed by atoms with van der Waals surface area (Å²) >= 11 is 11.6. The number of fused-ring (bicyclic) bond motifs is 1. The van der Waals surface area contributed by atoms with Crippen LogP contribution in [0.1, 0.15) is 50.1 Å². The van der Waals surface area contributed by atoms with Gasteiger partial charge in [-0.3, -0.25) is 0 Å². The van der Waals surface area contributed by atoms with Crippen molar-refractivity contribution < 1.29 is 4.74 Å². The Morgan fingerprint density at radius 3 is 2.76 bits per heavy atom. The van der Waals surface area contributed by atoms with Gasteiger partial charge < -0.3 is 15.4 Å². The summed E-state index contributed by atoms with van der Waals surface area (Å²) in [5.74, 6) is 0.906. The molecular weight excluding hydrogens is 304 g/mol. The van der Waals surface area contributed by atoms with Gasteiger partial charge in [-0.2, -0.15) is 0 Å². The first-order valence-corrected chi connectivity index (χ1v) is 8.50. The summed E-state index contributed by atoms with van der Waals surface area (Å²) < 4.78 is 5.68. The van der Waals surface area contributed by atoms with Gasteiger partial charge in [0.1, 0.15) is 5.75 Å². The summed E-state index contributed by atoms with van der Waals surface area (Å²) in [6.07, 6.45) is 7.30. The van der Waals surface area contributed by atoms with Crippen LogP contribution in [0.4, 0.5) is 0 Å². The minimum absolute atomic E-state index is 0.177. The highest BCUT2D eigenvalue weighted by Crippen LogP contribution is 2.34. The minimum Gasteiger partial charge on any atom is -0.493 e. The number of thiocarbonyl (C=S) groups is 1. The van der Waals surface area contributed by atoms with E-state index in [4.69, 9.17) is 28.6 Å². The monoisotopic (exact) mass is 324 g/mol. The molecule has 0 amide bonds. The molecule has 114 valence electrons. The first-order chi connectivity index (χ1) is 10.2. The molecule has 0 spiro atoms. The molecule has 0 saturated heterocycles. The highest BCUT2D eigenvalue weighted by Gasteiger charge is 2.23. The largest absolute Gasteiger partial charge is 0.493 e. The van der Waals surface area contributed by atoms with Crippen molar-refractivity contribution >= 4 is 28.9 Å². The van der Waals surface area contributed by atoms with Crippen molar-refractivity contribution in [1.82, 2.24) is 10.6 Å². The van der Waals surface area contributed by atoms with E-state index in [2.05, 4.69) is 10.6 Å². The Balaban J connectivity index is 1.63. The zero-order valence-electron chi connectivity index (χ0n) is 12.0. The fourth-order valence-corrected chi connectivity index (χ4v) is 3.64. The van der Waals surface area contributed by atoms with E-state index in [1.807, 2.05) is 18.2 Å². The van der Waals surface area contributed by atoms with Gasteiger partial charge in [-0.15, -0.1) is 0 Å². The number of nitrogens with one attached hydrogen (secondary N) is 2. The number of ether oxygens (including phenoxy) is 1. The summed E-state index contributed by atoms with van der Waals surface area (Å²) in [6, 6.07) is 6.47. The maximum Gasteiger partial charge on any atom is 0.166 e. The Morgan fingerprint density at radius 1 is 1.14 bits per heavy atom. The normalized spacial score (nSPS) is 22.0. The maximum absolute atomic E-state index is 6.10. The fourth-order valence-electron chi connectivity index (χ4n) is 3.15. The lowest BCUT2D eigenvalue weighted by Crippen LogP contribution is -2.44. The van der Waals surface area contributed by atoms with E-state index < -0.39 is 0 Å². The fraction of sp³-hybridized carbons (Fsp3) is 0.562. The molecule has 1 heterocycles. The first kappa shape index (κ1) is 14.9. The molecule has 5 heteroatoms. The summed E-state index contributed by atoms with van der Waals surface area (Å²) in [7, 11) is 0. The van der Waals surface area contributed by atoms with Crippen LogP contribution in [0.5, 0.6) is 5.75 Å². The van der Waals surface area contributed by atoms with Crippen LogP contribution < -0.4 is 15.4 Å². The summed E-state index contributed by atoms with van der Waals surface area (Å²) in [5, 5.41) is 8.37. The van der Waals surface area contributed by atoms with E-state index in [9.17, 15) is 0 Å². The van der Waals surface area contributed by atoms with Crippen molar-refractivity contribution in [2.45, 2.75) is 50.6 Å². The van der Waals surface area contributed by atoms with Crippen molar-refractivity contribution in [2.75, 3.05) is 6.61 Å². The Hall–Kier alpha value is -1.00.